The number of carbonyl (C=O) groups is 3. The monoisotopic (exact) mass is 333 g/mol. The highest BCUT2D eigenvalue weighted by molar-refractivity contribution is 6.30. The molecule has 0 unspecified atom stereocenters. The predicted octanol–water partition coefficient (Wildman–Crippen LogP) is 1.43. The van der Waals surface area contributed by atoms with Gasteiger partial charge >= 0.3 is 6.03 Å². The number of nitro groups is 1. The summed E-state index contributed by atoms with van der Waals surface area (Å²) in [5, 5.41) is 10.9. The third-order valence-electron chi connectivity index (χ3n) is 3.45. The first-order valence-corrected chi connectivity index (χ1v) is 7.01. The van der Waals surface area contributed by atoms with Gasteiger partial charge in [0.15, 0.2) is 0 Å². The number of likely N-dealkylation sites (N-methyl/N-ethyl adjacent to an activating group) is 2. The van der Waals surface area contributed by atoms with Crippen LogP contribution in [0.2, 0.25) is 0 Å². The van der Waals surface area contributed by atoms with Gasteiger partial charge in [0, 0.05) is 31.8 Å². The molecule has 1 aliphatic rings. The quantitative estimate of drug-likeness (QED) is 0.357. The van der Waals surface area contributed by atoms with Crippen molar-refractivity contribution >= 4 is 29.6 Å². The lowest BCUT2D eigenvalue weighted by atomic mass is 10.1. The smallest absolute Gasteiger partial charge is 0.333 e. The molecule has 4 amide bonds. The van der Waals surface area contributed by atoms with E-state index in [1.807, 2.05) is 0 Å². The standard InChI is InChI=1S/C15H15N3O6/c1-4-24-12-6-5-10(18(22)23)7-9(12)8-11-13(19)16(2)15(21)17(3)14(11)20/h5-8H,4H2,1-3H3. The molecule has 0 atom stereocenters. The van der Waals surface area contributed by atoms with Crippen molar-refractivity contribution in [3.63, 3.8) is 0 Å². The Bertz CT molecular complexity index is 744. The van der Waals surface area contributed by atoms with Crippen molar-refractivity contribution in [3.8, 4) is 5.75 Å². The van der Waals surface area contributed by atoms with E-state index in [1.54, 1.807) is 6.92 Å². The average Bonchev–Trinajstić information content (AvgIpc) is 2.56. The van der Waals surface area contributed by atoms with Crippen LogP contribution in [0.4, 0.5) is 10.5 Å². The van der Waals surface area contributed by atoms with Gasteiger partial charge in [0.25, 0.3) is 17.5 Å². The van der Waals surface area contributed by atoms with E-state index in [0.717, 1.165) is 9.80 Å². The van der Waals surface area contributed by atoms with Crippen molar-refractivity contribution in [1.82, 2.24) is 9.80 Å². The number of rotatable bonds is 4. The number of non-ortho nitro benzene ring substituents is 1. The van der Waals surface area contributed by atoms with E-state index in [1.165, 1.54) is 38.4 Å². The summed E-state index contributed by atoms with van der Waals surface area (Å²) in [6.07, 6.45) is 1.20. The lowest BCUT2D eigenvalue weighted by Gasteiger charge is -2.28. The topological polar surface area (TPSA) is 110 Å². The number of amides is 4. The Labute approximate surface area is 137 Å². The number of urea groups is 1. The molecule has 0 N–H and O–H groups in total. The summed E-state index contributed by atoms with van der Waals surface area (Å²) in [6, 6.07) is 3.12. The van der Waals surface area contributed by atoms with E-state index in [0.29, 0.717) is 12.4 Å². The number of nitrogens with zero attached hydrogens (tertiary/aromatic N) is 3. The van der Waals surface area contributed by atoms with Crippen molar-refractivity contribution < 1.29 is 24.0 Å². The van der Waals surface area contributed by atoms with Gasteiger partial charge in [0.2, 0.25) is 0 Å². The van der Waals surface area contributed by atoms with Crippen LogP contribution in [0.3, 0.4) is 0 Å². The van der Waals surface area contributed by atoms with Crippen molar-refractivity contribution in [3.05, 3.63) is 39.4 Å². The fourth-order valence-corrected chi connectivity index (χ4v) is 2.18. The third-order valence-corrected chi connectivity index (χ3v) is 3.45. The molecule has 9 heteroatoms. The number of hydrogen-bond acceptors (Lipinski definition) is 6. The zero-order valence-electron chi connectivity index (χ0n) is 13.3. The summed E-state index contributed by atoms with van der Waals surface area (Å²) in [7, 11) is 2.50. The fraction of sp³-hybridized carbons (Fsp3) is 0.267. The molecule has 0 aliphatic carbocycles. The Morgan fingerprint density at radius 3 is 2.25 bits per heavy atom. The van der Waals surface area contributed by atoms with E-state index in [2.05, 4.69) is 0 Å². The molecule has 24 heavy (non-hydrogen) atoms. The lowest BCUT2D eigenvalue weighted by molar-refractivity contribution is -0.384. The van der Waals surface area contributed by atoms with E-state index >= 15 is 0 Å². The van der Waals surface area contributed by atoms with Gasteiger partial charge < -0.3 is 4.74 Å². The Balaban J connectivity index is 2.57. The molecule has 0 spiro atoms. The minimum Gasteiger partial charge on any atom is -0.493 e. The van der Waals surface area contributed by atoms with Crippen LogP contribution in [0.25, 0.3) is 6.08 Å². The molecule has 1 saturated heterocycles. The SMILES string of the molecule is CCOc1ccc([N+](=O)[O-])cc1C=C1C(=O)N(C)C(=O)N(C)C1=O. The van der Waals surface area contributed by atoms with Gasteiger partial charge in [-0.3, -0.25) is 29.5 Å². The summed E-state index contributed by atoms with van der Waals surface area (Å²) < 4.78 is 5.37. The van der Waals surface area contributed by atoms with Crippen LogP contribution in [0.1, 0.15) is 12.5 Å². The highest BCUT2D eigenvalue weighted by atomic mass is 16.6. The number of benzene rings is 1. The van der Waals surface area contributed by atoms with Gasteiger partial charge in [-0.2, -0.15) is 0 Å². The first-order valence-electron chi connectivity index (χ1n) is 7.01. The van der Waals surface area contributed by atoms with Gasteiger partial charge in [0.1, 0.15) is 11.3 Å². The summed E-state index contributed by atoms with van der Waals surface area (Å²) >= 11 is 0. The summed E-state index contributed by atoms with van der Waals surface area (Å²) in [5.74, 6) is -1.27. The summed E-state index contributed by atoms with van der Waals surface area (Å²) in [4.78, 5) is 48.1. The highest BCUT2D eigenvalue weighted by Gasteiger charge is 2.38. The van der Waals surface area contributed by atoms with Gasteiger partial charge in [-0.05, 0) is 19.1 Å². The molecule has 1 fully saturated rings. The normalized spacial score (nSPS) is 15.0. The number of barbiturate groups is 1. The number of nitro benzene ring substituents is 1. The van der Waals surface area contributed by atoms with Crippen LogP contribution in [0.5, 0.6) is 5.75 Å². The largest absolute Gasteiger partial charge is 0.493 e. The van der Waals surface area contributed by atoms with Gasteiger partial charge in [-0.1, -0.05) is 0 Å². The van der Waals surface area contributed by atoms with Gasteiger partial charge in [-0.25, -0.2) is 4.79 Å². The van der Waals surface area contributed by atoms with Crippen molar-refractivity contribution in [2.24, 2.45) is 0 Å². The highest BCUT2D eigenvalue weighted by Crippen LogP contribution is 2.28. The van der Waals surface area contributed by atoms with E-state index in [9.17, 15) is 24.5 Å². The number of hydrogen-bond donors (Lipinski definition) is 0. The molecule has 2 rings (SSSR count). The maximum Gasteiger partial charge on any atom is 0.333 e. The van der Waals surface area contributed by atoms with E-state index in [-0.39, 0.29) is 16.8 Å². The number of imide groups is 2. The molecule has 1 aromatic rings. The first kappa shape index (κ1) is 17.1. The summed E-state index contributed by atoms with van der Waals surface area (Å²) in [6.45, 7) is 2.03. The maximum absolute atomic E-state index is 12.2. The van der Waals surface area contributed by atoms with Crippen LogP contribution in [0, 0.1) is 10.1 Å². The summed E-state index contributed by atoms with van der Waals surface area (Å²) in [5.41, 5.74) is -0.279. The Kier molecular flexibility index (Phi) is 4.63. The number of carbonyl (C=O) groups excluding carboxylic acids is 3. The molecule has 1 aromatic carbocycles. The second-order valence-electron chi connectivity index (χ2n) is 4.98. The van der Waals surface area contributed by atoms with Gasteiger partial charge in [-0.15, -0.1) is 0 Å². The minimum absolute atomic E-state index is 0.207. The fourth-order valence-electron chi connectivity index (χ4n) is 2.18. The van der Waals surface area contributed by atoms with Crippen LogP contribution >= 0.6 is 0 Å². The molecule has 0 saturated carbocycles. The second kappa shape index (κ2) is 6.49. The predicted molar refractivity (Wildman–Crippen MR) is 83.2 cm³/mol. The molecule has 9 nitrogen and oxygen atoms in total. The van der Waals surface area contributed by atoms with E-state index in [4.69, 9.17) is 4.74 Å². The Hall–Kier alpha value is -3.23. The Morgan fingerprint density at radius 2 is 1.75 bits per heavy atom. The van der Waals surface area contributed by atoms with Crippen LogP contribution in [-0.2, 0) is 9.59 Å². The molecule has 0 radical (unpaired) electrons. The number of ether oxygens (including phenoxy) is 1. The van der Waals surface area contributed by atoms with Crippen LogP contribution < -0.4 is 4.74 Å². The first-order chi connectivity index (χ1) is 11.3. The third kappa shape index (κ3) is 2.96. The average molecular weight is 333 g/mol. The van der Waals surface area contributed by atoms with Crippen LogP contribution in [-0.4, -0.2) is 53.3 Å². The minimum atomic E-state index is -0.781. The molecule has 126 valence electrons. The maximum atomic E-state index is 12.2. The van der Waals surface area contributed by atoms with Crippen LogP contribution in [0.15, 0.2) is 23.8 Å². The molecule has 1 aliphatic heterocycles. The molecule has 1 heterocycles. The zero-order chi connectivity index (χ0) is 18.0. The lowest BCUT2D eigenvalue weighted by Crippen LogP contribution is -2.52. The molecular formula is C15H15N3O6. The van der Waals surface area contributed by atoms with Crippen molar-refractivity contribution in [1.29, 1.82) is 0 Å². The van der Waals surface area contributed by atoms with Crippen molar-refractivity contribution in [2.45, 2.75) is 6.92 Å². The molecular weight excluding hydrogens is 318 g/mol. The molecule has 0 aromatic heterocycles. The zero-order valence-corrected chi connectivity index (χ0v) is 13.3. The second-order valence-corrected chi connectivity index (χ2v) is 4.98. The van der Waals surface area contributed by atoms with Crippen molar-refractivity contribution in [2.75, 3.05) is 20.7 Å². The van der Waals surface area contributed by atoms with E-state index < -0.39 is 22.8 Å². The molecule has 0 bridgehead atoms. The van der Waals surface area contributed by atoms with Gasteiger partial charge in [0.05, 0.1) is 11.5 Å². The Morgan fingerprint density at radius 1 is 1.17 bits per heavy atom.